The number of hydrogen-bond acceptors (Lipinski definition) is 3. The average Bonchev–Trinajstić information content (AvgIpc) is 2.27. The van der Waals surface area contributed by atoms with Crippen LogP contribution in [-0.2, 0) is 4.74 Å². The second-order valence-electron chi connectivity index (χ2n) is 5.41. The number of nitrogens with one attached hydrogen (secondary N) is 1. The Labute approximate surface area is 113 Å². The van der Waals surface area contributed by atoms with Crippen molar-refractivity contribution in [1.29, 1.82) is 0 Å². The summed E-state index contributed by atoms with van der Waals surface area (Å²) in [6, 6.07) is 4.40. The van der Waals surface area contributed by atoms with Crippen LogP contribution in [0.1, 0.15) is 37.9 Å². The van der Waals surface area contributed by atoms with Crippen LogP contribution in [0.25, 0.3) is 0 Å². The Hall–Kier alpha value is -1.62. The van der Waals surface area contributed by atoms with E-state index in [1.54, 1.807) is 45.9 Å². The number of ether oxygens (including phenoxy) is 1. The van der Waals surface area contributed by atoms with Crippen LogP contribution < -0.4 is 11.1 Å². The number of halogens is 1. The molecule has 19 heavy (non-hydrogen) atoms. The minimum absolute atomic E-state index is 0.0968. The van der Waals surface area contributed by atoms with Crippen molar-refractivity contribution in [1.82, 2.24) is 5.32 Å². The van der Waals surface area contributed by atoms with E-state index in [4.69, 9.17) is 10.5 Å². The summed E-state index contributed by atoms with van der Waals surface area (Å²) < 4.78 is 19.1. The number of rotatable bonds is 3. The van der Waals surface area contributed by atoms with E-state index in [2.05, 4.69) is 5.32 Å². The van der Waals surface area contributed by atoms with Crippen LogP contribution in [0.3, 0.4) is 0 Å². The SMILES string of the molecule is Cc1cccc(C(CN)NC(=O)OC(C)(C)C)c1F. The normalized spacial score (nSPS) is 12.9. The Morgan fingerprint density at radius 2 is 2.11 bits per heavy atom. The Kier molecular flexibility index (Phi) is 4.89. The van der Waals surface area contributed by atoms with Crippen molar-refractivity contribution < 1.29 is 13.9 Å². The fourth-order valence-corrected chi connectivity index (χ4v) is 1.65. The summed E-state index contributed by atoms with van der Waals surface area (Å²) in [6.45, 7) is 7.05. The number of aryl methyl sites for hydroxylation is 1. The average molecular weight is 268 g/mol. The molecule has 106 valence electrons. The maximum Gasteiger partial charge on any atom is 0.408 e. The predicted octanol–water partition coefficient (Wildman–Crippen LogP) is 2.66. The zero-order valence-electron chi connectivity index (χ0n) is 11.8. The molecule has 0 heterocycles. The summed E-state index contributed by atoms with van der Waals surface area (Å²) in [7, 11) is 0. The first kappa shape index (κ1) is 15.4. The lowest BCUT2D eigenvalue weighted by atomic mass is 10.0. The van der Waals surface area contributed by atoms with Crippen LogP contribution >= 0.6 is 0 Å². The Bertz CT molecular complexity index is 455. The van der Waals surface area contributed by atoms with Crippen LogP contribution in [-0.4, -0.2) is 18.2 Å². The molecule has 0 fully saturated rings. The molecule has 0 aliphatic carbocycles. The molecule has 1 atom stereocenters. The van der Waals surface area contributed by atoms with Gasteiger partial charge < -0.3 is 15.8 Å². The van der Waals surface area contributed by atoms with Crippen molar-refractivity contribution in [2.24, 2.45) is 5.73 Å². The molecule has 3 N–H and O–H groups in total. The summed E-state index contributed by atoms with van der Waals surface area (Å²) in [5, 5.41) is 2.58. The van der Waals surface area contributed by atoms with Crippen molar-refractivity contribution in [2.45, 2.75) is 39.3 Å². The van der Waals surface area contributed by atoms with E-state index in [0.717, 1.165) is 0 Å². The van der Waals surface area contributed by atoms with Gasteiger partial charge in [0.15, 0.2) is 0 Å². The van der Waals surface area contributed by atoms with Crippen molar-refractivity contribution in [3.8, 4) is 0 Å². The highest BCUT2D eigenvalue weighted by atomic mass is 19.1. The second kappa shape index (κ2) is 6.02. The second-order valence-corrected chi connectivity index (χ2v) is 5.41. The molecule has 1 aromatic rings. The van der Waals surface area contributed by atoms with Crippen LogP contribution in [0.15, 0.2) is 18.2 Å². The number of amides is 1. The van der Waals surface area contributed by atoms with E-state index in [9.17, 15) is 9.18 Å². The molecule has 1 unspecified atom stereocenters. The van der Waals surface area contributed by atoms with Crippen LogP contribution in [0.2, 0.25) is 0 Å². The molecular formula is C14H21FN2O2. The molecule has 0 radical (unpaired) electrons. The monoisotopic (exact) mass is 268 g/mol. The molecule has 0 spiro atoms. The minimum atomic E-state index is -0.608. The third-order valence-corrected chi connectivity index (χ3v) is 2.52. The first-order chi connectivity index (χ1) is 8.74. The quantitative estimate of drug-likeness (QED) is 0.885. The van der Waals surface area contributed by atoms with Crippen LogP contribution in [0.4, 0.5) is 9.18 Å². The number of carbonyl (C=O) groups is 1. The number of hydrogen-bond donors (Lipinski definition) is 2. The van der Waals surface area contributed by atoms with Crippen molar-refractivity contribution in [3.63, 3.8) is 0 Å². The number of alkyl carbamates (subject to hydrolysis) is 1. The molecule has 0 bridgehead atoms. The molecule has 0 aliphatic rings. The lowest BCUT2D eigenvalue weighted by Crippen LogP contribution is -2.38. The number of nitrogens with two attached hydrogens (primary N) is 1. The van der Waals surface area contributed by atoms with E-state index in [1.807, 2.05) is 0 Å². The largest absolute Gasteiger partial charge is 0.444 e. The summed E-state index contributed by atoms with van der Waals surface area (Å²) >= 11 is 0. The van der Waals surface area contributed by atoms with Gasteiger partial charge in [-0.05, 0) is 33.3 Å². The van der Waals surface area contributed by atoms with Crippen LogP contribution in [0.5, 0.6) is 0 Å². The standard InChI is InChI=1S/C14H21FN2O2/c1-9-6-5-7-10(12(9)15)11(8-16)17-13(18)19-14(2,3)4/h5-7,11H,8,16H2,1-4H3,(H,17,18). The Morgan fingerprint density at radius 3 is 2.63 bits per heavy atom. The molecule has 0 aromatic heterocycles. The van der Waals surface area contributed by atoms with Gasteiger partial charge in [0.25, 0.3) is 0 Å². The zero-order valence-corrected chi connectivity index (χ0v) is 11.8. The first-order valence-corrected chi connectivity index (χ1v) is 6.19. The Balaban J connectivity index is 2.84. The third-order valence-electron chi connectivity index (χ3n) is 2.52. The van der Waals surface area contributed by atoms with Gasteiger partial charge in [-0.1, -0.05) is 18.2 Å². The van der Waals surface area contributed by atoms with Gasteiger partial charge in [-0.25, -0.2) is 9.18 Å². The highest BCUT2D eigenvalue weighted by molar-refractivity contribution is 5.68. The van der Waals surface area contributed by atoms with Gasteiger partial charge in [-0.3, -0.25) is 0 Å². The maximum absolute atomic E-state index is 14.0. The minimum Gasteiger partial charge on any atom is -0.444 e. The number of benzene rings is 1. The van der Waals surface area contributed by atoms with Gasteiger partial charge >= 0.3 is 6.09 Å². The molecule has 0 saturated heterocycles. The first-order valence-electron chi connectivity index (χ1n) is 6.19. The molecular weight excluding hydrogens is 247 g/mol. The summed E-state index contributed by atoms with van der Waals surface area (Å²) in [6.07, 6.45) is -0.608. The lowest BCUT2D eigenvalue weighted by Gasteiger charge is -2.23. The van der Waals surface area contributed by atoms with Crippen molar-refractivity contribution in [3.05, 3.63) is 35.1 Å². The number of carbonyl (C=O) groups excluding carboxylic acids is 1. The van der Waals surface area contributed by atoms with Crippen molar-refractivity contribution in [2.75, 3.05) is 6.54 Å². The zero-order chi connectivity index (χ0) is 14.6. The molecule has 5 heteroatoms. The van der Waals surface area contributed by atoms with Gasteiger partial charge in [0.05, 0.1) is 6.04 Å². The molecule has 4 nitrogen and oxygen atoms in total. The van der Waals surface area contributed by atoms with Crippen LogP contribution in [0, 0.1) is 12.7 Å². The van der Waals surface area contributed by atoms with Gasteiger partial charge in [0.2, 0.25) is 0 Å². The highest BCUT2D eigenvalue weighted by Crippen LogP contribution is 2.19. The van der Waals surface area contributed by atoms with E-state index < -0.39 is 17.7 Å². The molecule has 1 amide bonds. The van der Waals surface area contributed by atoms with Crippen molar-refractivity contribution >= 4 is 6.09 Å². The van der Waals surface area contributed by atoms with E-state index >= 15 is 0 Å². The fourth-order valence-electron chi connectivity index (χ4n) is 1.65. The third kappa shape index (κ3) is 4.52. The van der Waals surface area contributed by atoms with Gasteiger partial charge in [0, 0.05) is 12.1 Å². The van der Waals surface area contributed by atoms with Gasteiger partial charge in [-0.2, -0.15) is 0 Å². The van der Waals surface area contributed by atoms with E-state index in [-0.39, 0.29) is 12.4 Å². The Morgan fingerprint density at radius 1 is 1.47 bits per heavy atom. The van der Waals surface area contributed by atoms with Gasteiger partial charge in [0.1, 0.15) is 11.4 Å². The maximum atomic E-state index is 14.0. The molecule has 1 rings (SSSR count). The van der Waals surface area contributed by atoms with E-state index in [1.165, 1.54) is 0 Å². The van der Waals surface area contributed by atoms with E-state index in [0.29, 0.717) is 11.1 Å². The summed E-state index contributed by atoms with van der Waals surface area (Å²) in [5.74, 6) is -0.353. The topological polar surface area (TPSA) is 64.3 Å². The predicted molar refractivity (Wildman–Crippen MR) is 72.3 cm³/mol. The fraction of sp³-hybridized carbons (Fsp3) is 0.500. The molecule has 0 saturated carbocycles. The summed E-state index contributed by atoms with van der Waals surface area (Å²) in [4.78, 5) is 11.7. The smallest absolute Gasteiger partial charge is 0.408 e. The summed E-state index contributed by atoms with van der Waals surface area (Å²) in [5.41, 5.74) is 5.88. The lowest BCUT2D eigenvalue weighted by molar-refractivity contribution is 0.0504. The molecule has 0 aliphatic heterocycles. The van der Waals surface area contributed by atoms with Gasteiger partial charge in [-0.15, -0.1) is 0 Å². The highest BCUT2D eigenvalue weighted by Gasteiger charge is 2.21. The molecule has 1 aromatic carbocycles.